The Bertz CT molecular complexity index is 322. The molecule has 1 aromatic heterocycles. The minimum atomic E-state index is -0.224. The van der Waals surface area contributed by atoms with Crippen LogP contribution in [0, 0.1) is 5.92 Å². The van der Waals surface area contributed by atoms with Gasteiger partial charge in [-0.25, -0.2) is 4.79 Å². The summed E-state index contributed by atoms with van der Waals surface area (Å²) in [6.45, 7) is 7.99. The number of hydrogen-bond acceptors (Lipinski definition) is 4. The van der Waals surface area contributed by atoms with Crippen molar-refractivity contribution in [3.05, 3.63) is 22.4 Å². The van der Waals surface area contributed by atoms with E-state index in [-0.39, 0.29) is 12.1 Å². The van der Waals surface area contributed by atoms with E-state index in [1.165, 1.54) is 11.3 Å². The smallest absolute Gasteiger partial charge is 0.348 e. The van der Waals surface area contributed by atoms with Gasteiger partial charge in [0.15, 0.2) is 0 Å². The Morgan fingerprint density at radius 3 is 2.82 bits per heavy atom. The average Bonchev–Trinajstić information content (AvgIpc) is 2.77. The highest BCUT2D eigenvalue weighted by atomic mass is 32.1. The van der Waals surface area contributed by atoms with Crippen LogP contribution in [0.2, 0.25) is 0 Å². The molecule has 17 heavy (non-hydrogen) atoms. The first-order valence-corrected chi connectivity index (χ1v) is 6.92. The lowest BCUT2D eigenvalue weighted by Crippen LogP contribution is -2.29. The molecule has 0 aliphatic heterocycles. The molecule has 0 aliphatic rings. The number of ether oxygens (including phenoxy) is 1. The molecule has 0 bridgehead atoms. The van der Waals surface area contributed by atoms with E-state index in [4.69, 9.17) is 4.74 Å². The maximum Gasteiger partial charge on any atom is 0.348 e. The lowest BCUT2D eigenvalue weighted by Gasteiger charge is -2.14. The van der Waals surface area contributed by atoms with Crippen molar-refractivity contribution in [1.29, 1.82) is 0 Å². The Morgan fingerprint density at radius 2 is 2.24 bits per heavy atom. The summed E-state index contributed by atoms with van der Waals surface area (Å²) in [5.74, 6) is 0.477. The molecule has 0 aromatic carbocycles. The van der Waals surface area contributed by atoms with Crippen LogP contribution >= 0.6 is 11.3 Å². The SMILES string of the molecule is CC(C)CCNCC(C)OC(=O)c1cccs1. The van der Waals surface area contributed by atoms with Gasteiger partial charge >= 0.3 is 5.97 Å². The van der Waals surface area contributed by atoms with Crippen LogP contribution in [0.25, 0.3) is 0 Å². The summed E-state index contributed by atoms with van der Waals surface area (Å²) in [6.07, 6.45) is 1.06. The molecule has 1 atom stereocenters. The predicted octanol–water partition coefficient (Wildman–Crippen LogP) is 2.93. The van der Waals surface area contributed by atoms with Crippen molar-refractivity contribution in [2.75, 3.05) is 13.1 Å². The number of nitrogens with one attached hydrogen (secondary N) is 1. The molecule has 1 heterocycles. The second kappa shape index (κ2) is 7.45. The summed E-state index contributed by atoms with van der Waals surface area (Å²) in [7, 11) is 0. The van der Waals surface area contributed by atoms with E-state index in [1.54, 1.807) is 6.07 Å². The quantitative estimate of drug-likeness (QED) is 0.601. The number of rotatable bonds is 7. The second-order valence-corrected chi connectivity index (χ2v) is 5.53. The van der Waals surface area contributed by atoms with Gasteiger partial charge in [0.05, 0.1) is 0 Å². The molecule has 0 amide bonds. The molecule has 3 nitrogen and oxygen atoms in total. The number of hydrogen-bond donors (Lipinski definition) is 1. The van der Waals surface area contributed by atoms with Crippen LogP contribution in [0.5, 0.6) is 0 Å². The first-order chi connectivity index (χ1) is 8.09. The third-order valence-corrected chi connectivity index (χ3v) is 3.21. The van der Waals surface area contributed by atoms with Crippen LogP contribution < -0.4 is 5.32 Å². The van der Waals surface area contributed by atoms with E-state index in [9.17, 15) is 4.79 Å². The molecule has 0 aliphatic carbocycles. The minimum Gasteiger partial charge on any atom is -0.457 e. The summed E-state index contributed by atoms with van der Waals surface area (Å²) >= 11 is 1.41. The lowest BCUT2D eigenvalue weighted by molar-refractivity contribution is 0.0348. The molecule has 1 N–H and O–H groups in total. The fraction of sp³-hybridized carbons (Fsp3) is 0.615. The van der Waals surface area contributed by atoms with Gasteiger partial charge in [0.2, 0.25) is 0 Å². The predicted molar refractivity (Wildman–Crippen MR) is 71.5 cm³/mol. The summed E-state index contributed by atoms with van der Waals surface area (Å²) in [5, 5.41) is 5.17. The van der Waals surface area contributed by atoms with Gasteiger partial charge in [0, 0.05) is 6.54 Å². The first kappa shape index (κ1) is 14.2. The van der Waals surface area contributed by atoms with Gasteiger partial charge in [-0.3, -0.25) is 0 Å². The van der Waals surface area contributed by atoms with Crippen molar-refractivity contribution < 1.29 is 9.53 Å². The van der Waals surface area contributed by atoms with Gasteiger partial charge in [0.25, 0.3) is 0 Å². The number of esters is 1. The highest BCUT2D eigenvalue weighted by Gasteiger charge is 2.12. The zero-order valence-electron chi connectivity index (χ0n) is 10.7. The van der Waals surface area contributed by atoms with Crippen molar-refractivity contribution in [1.82, 2.24) is 5.32 Å². The van der Waals surface area contributed by atoms with Crippen LogP contribution in [0.4, 0.5) is 0 Å². The van der Waals surface area contributed by atoms with Gasteiger partial charge < -0.3 is 10.1 Å². The first-order valence-electron chi connectivity index (χ1n) is 6.04. The third-order valence-electron chi connectivity index (χ3n) is 2.36. The van der Waals surface area contributed by atoms with E-state index in [0.717, 1.165) is 13.0 Å². The fourth-order valence-electron chi connectivity index (χ4n) is 1.37. The van der Waals surface area contributed by atoms with Crippen molar-refractivity contribution in [2.45, 2.75) is 33.3 Å². The van der Waals surface area contributed by atoms with Crippen LogP contribution in [-0.2, 0) is 4.74 Å². The summed E-state index contributed by atoms with van der Waals surface area (Å²) in [6, 6.07) is 3.64. The van der Waals surface area contributed by atoms with E-state index < -0.39 is 0 Å². The van der Waals surface area contributed by atoms with Gasteiger partial charge in [-0.2, -0.15) is 0 Å². The molecule has 0 spiro atoms. The van der Waals surface area contributed by atoms with Crippen LogP contribution in [0.15, 0.2) is 17.5 Å². The summed E-state index contributed by atoms with van der Waals surface area (Å²) in [5.41, 5.74) is 0. The second-order valence-electron chi connectivity index (χ2n) is 4.58. The normalized spacial score (nSPS) is 12.7. The molecule has 4 heteroatoms. The average molecular weight is 255 g/mol. The maximum atomic E-state index is 11.6. The Kier molecular flexibility index (Phi) is 6.22. The highest BCUT2D eigenvalue weighted by Crippen LogP contribution is 2.10. The van der Waals surface area contributed by atoms with Crippen molar-refractivity contribution >= 4 is 17.3 Å². The fourth-order valence-corrected chi connectivity index (χ4v) is 1.98. The van der Waals surface area contributed by atoms with Crippen molar-refractivity contribution in [2.24, 2.45) is 5.92 Å². The minimum absolute atomic E-state index is 0.0863. The van der Waals surface area contributed by atoms with E-state index in [2.05, 4.69) is 19.2 Å². The number of carbonyl (C=O) groups excluding carboxylic acids is 1. The molecule has 1 rings (SSSR count). The van der Waals surface area contributed by atoms with E-state index in [0.29, 0.717) is 17.3 Å². The van der Waals surface area contributed by atoms with E-state index in [1.807, 2.05) is 18.4 Å². The molecule has 0 radical (unpaired) electrons. The molecule has 0 fully saturated rings. The Hall–Kier alpha value is -0.870. The molecule has 0 saturated carbocycles. The van der Waals surface area contributed by atoms with Gasteiger partial charge in [0.1, 0.15) is 11.0 Å². The maximum absolute atomic E-state index is 11.6. The van der Waals surface area contributed by atoms with Crippen LogP contribution in [-0.4, -0.2) is 25.2 Å². The summed E-state index contributed by atoms with van der Waals surface area (Å²) in [4.78, 5) is 12.3. The summed E-state index contributed by atoms with van der Waals surface area (Å²) < 4.78 is 5.31. The topological polar surface area (TPSA) is 38.3 Å². The van der Waals surface area contributed by atoms with Gasteiger partial charge in [-0.05, 0) is 37.3 Å². The van der Waals surface area contributed by atoms with Gasteiger partial charge in [-0.15, -0.1) is 11.3 Å². The zero-order valence-corrected chi connectivity index (χ0v) is 11.5. The molecule has 1 unspecified atom stereocenters. The van der Waals surface area contributed by atoms with Crippen LogP contribution in [0.1, 0.15) is 36.9 Å². The Balaban J connectivity index is 2.16. The number of thiophene rings is 1. The standard InChI is InChI=1S/C13H21NO2S/c1-10(2)6-7-14-9-11(3)16-13(15)12-5-4-8-17-12/h4-5,8,10-11,14H,6-7,9H2,1-3H3. The molecule has 96 valence electrons. The molecular weight excluding hydrogens is 234 g/mol. The zero-order chi connectivity index (χ0) is 12.7. The lowest BCUT2D eigenvalue weighted by atomic mass is 10.1. The Morgan fingerprint density at radius 1 is 1.47 bits per heavy atom. The Labute approximate surface area is 107 Å². The monoisotopic (exact) mass is 255 g/mol. The van der Waals surface area contributed by atoms with Crippen LogP contribution in [0.3, 0.4) is 0 Å². The largest absolute Gasteiger partial charge is 0.457 e. The van der Waals surface area contributed by atoms with Gasteiger partial charge in [-0.1, -0.05) is 19.9 Å². The third kappa shape index (κ3) is 5.84. The highest BCUT2D eigenvalue weighted by molar-refractivity contribution is 7.11. The molecule has 0 saturated heterocycles. The molecular formula is C13H21NO2S. The van der Waals surface area contributed by atoms with E-state index >= 15 is 0 Å². The number of carbonyl (C=O) groups is 1. The molecule has 1 aromatic rings. The van der Waals surface area contributed by atoms with Crippen molar-refractivity contribution in [3.8, 4) is 0 Å². The van der Waals surface area contributed by atoms with Crippen molar-refractivity contribution in [3.63, 3.8) is 0 Å².